The Bertz CT molecular complexity index is 588. The second-order valence-electron chi connectivity index (χ2n) is 4.66. The van der Waals surface area contributed by atoms with Crippen molar-refractivity contribution < 1.29 is 9.34 Å². The number of hydrogen-bond acceptors (Lipinski definition) is 10. The summed E-state index contributed by atoms with van der Waals surface area (Å²) in [6.07, 6.45) is 6.74. The van der Waals surface area contributed by atoms with Gasteiger partial charge in [0.25, 0.3) is 11.4 Å². The fraction of sp³-hybridized carbons (Fsp3) is 0.429. The highest BCUT2D eigenvalue weighted by Crippen LogP contribution is 2.15. The number of aromatic nitrogens is 2. The molecule has 0 saturated heterocycles. The van der Waals surface area contributed by atoms with Crippen molar-refractivity contribution in [1.82, 2.24) is 20.6 Å². The van der Waals surface area contributed by atoms with Gasteiger partial charge in [-0.2, -0.15) is 11.8 Å². The van der Waals surface area contributed by atoms with Crippen LogP contribution in [0.4, 0.5) is 0 Å². The van der Waals surface area contributed by atoms with Crippen molar-refractivity contribution >= 4 is 34.9 Å². The van der Waals surface area contributed by atoms with E-state index in [0.717, 1.165) is 34.9 Å². The maximum atomic E-state index is 10.7. The molecule has 0 fully saturated rings. The normalized spacial score (nSPS) is 11.4. The maximum Gasteiger partial charge on any atom is 0.274 e. The molecule has 8 nitrogen and oxygen atoms in total. The first-order chi connectivity index (χ1) is 12.2. The lowest BCUT2D eigenvalue weighted by molar-refractivity contribution is -0.404. The molecule has 0 saturated carbocycles. The van der Waals surface area contributed by atoms with E-state index in [9.17, 15) is 10.1 Å². The van der Waals surface area contributed by atoms with Gasteiger partial charge in [-0.1, -0.05) is 11.8 Å². The van der Waals surface area contributed by atoms with E-state index >= 15 is 0 Å². The van der Waals surface area contributed by atoms with Gasteiger partial charge in [0.15, 0.2) is 5.82 Å². The first-order valence-corrected chi connectivity index (χ1v) is 10.6. The molecule has 0 aliphatic rings. The molecule has 2 N–H and O–H groups in total. The fourth-order valence-corrected chi connectivity index (χ4v) is 4.02. The molecule has 0 aromatic carbocycles. The van der Waals surface area contributed by atoms with E-state index in [1.54, 1.807) is 35.5 Å². The molecule has 0 atom stereocenters. The van der Waals surface area contributed by atoms with Crippen LogP contribution >= 0.6 is 34.9 Å². The number of thioether (sulfide) groups is 2. The third-order valence-electron chi connectivity index (χ3n) is 2.78. The van der Waals surface area contributed by atoms with Crippen LogP contribution in [-0.2, 0) is 5.75 Å². The van der Waals surface area contributed by atoms with E-state index < -0.39 is 4.92 Å². The maximum absolute atomic E-state index is 10.7. The van der Waals surface area contributed by atoms with Gasteiger partial charge in [-0.15, -0.1) is 11.3 Å². The summed E-state index contributed by atoms with van der Waals surface area (Å²) >= 11 is 4.89. The molecule has 2 heterocycles. The predicted octanol–water partition coefficient (Wildman–Crippen LogP) is 2.80. The minimum atomic E-state index is -0.459. The predicted molar refractivity (Wildman–Crippen MR) is 101 cm³/mol. The van der Waals surface area contributed by atoms with E-state index in [2.05, 4.69) is 20.6 Å². The van der Waals surface area contributed by atoms with Gasteiger partial charge >= 0.3 is 0 Å². The van der Waals surface area contributed by atoms with Gasteiger partial charge in [0.1, 0.15) is 11.3 Å². The number of rotatable bonds is 13. The Morgan fingerprint density at radius 2 is 2.20 bits per heavy atom. The molecule has 0 radical (unpaired) electrons. The van der Waals surface area contributed by atoms with Gasteiger partial charge in [-0.3, -0.25) is 10.1 Å². The van der Waals surface area contributed by atoms with Crippen molar-refractivity contribution in [3.05, 3.63) is 51.2 Å². The monoisotopic (exact) mass is 401 g/mol. The minimum Gasteiger partial charge on any atom is -0.440 e. The Balaban J connectivity index is 1.58. The second kappa shape index (κ2) is 11.8. The Kier molecular flexibility index (Phi) is 9.23. The molecule has 0 aliphatic carbocycles. The van der Waals surface area contributed by atoms with E-state index in [4.69, 9.17) is 4.42 Å². The van der Waals surface area contributed by atoms with Crippen LogP contribution in [-0.4, -0.2) is 39.5 Å². The van der Waals surface area contributed by atoms with Crippen LogP contribution in [0.15, 0.2) is 45.7 Å². The average Bonchev–Trinajstić information content (AvgIpc) is 3.27. The molecule has 136 valence electrons. The number of nitrogens with zero attached hydrogens (tertiary/aromatic N) is 3. The van der Waals surface area contributed by atoms with Crippen molar-refractivity contribution in [1.29, 1.82) is 0 Å². The number of thiazole rings is 1. The lowest BCUT2D eigenvalue weighted by atomic mass is 10.5. The Morgan fingerprint density at radius 3 is 2.92 bits per heavy atom. The zero-order chi connectivity index (χ0) is 17.7. The van der Waals surface area contributed by atoms with Crippen LogP contribution in [0.1, 0.15) is 11.4 Å². The van der Waals surface area contributed by atoms with Gasteiger partial charge < -0.3 is 15.1 Å². The van der Waals surface area contributed by atoms with Crippen molar-refractivity contribution in [2.75, 3.05) is 24.6 Å². The summed E-state index contributed by atoms with van der Waals surface area (Å²) in [5, 5.41) is 20.5. The lowest BCUT2D eigenvalue weighted by Crippen LogP contribution is -2.29. The van der Waals surface area contributed by atoms with Crippen LogP contribution in [0.25, 0.3) is 0 Å². The zero-order valence-corrected chi connectivity index (χ0v) is 15.9. The first-order valence-electron chi connectivity index (χ1n) is 7.55. The summed E-state index contributed by atoms with van der Waals surface area (Å²) in [5.74, 6) is 2.96. The largest absolute Gasteiger partial charge is 0.440 e. The molecule has 0 spiro atoms. The highest BCUT2D eigenvalue weighted by atomic mass is 32.2. The quantitative estimate of drug-likeness (QED) is 0.227. The SMILES string of the molecule is O=[N+]([O-])/C=C(/NCCCSc1ncco1)NCCSCc1nccs1. The van der Waals surface area contributed by atoms with Gasteiger partial charge in [0, 0.05) is 41.9 Å². The van der Waals surface area contributed by atoms with Crippen molar-refractivity contribution in [2.45, 2.75) is 17.4 Å². The summed E-state index contributed by atoms with van der Waals surface area (Å²) in [4.78, 5) is 18.5. The molecule has 2 aromatic rings. The third-order valence-corrected chi connectivity index (χ3v) is 5.65. The van der Waals surface area contributed by atoms with Gasteiger partial charge in [0.2, 0.25) is 0 Å². The molecule has 0 bridgehead atoms. The number of hydrogen-bond donors (Lipinski definition) is 2. The minimum absolute atomic E-state index is 0.431. The van der Waals surface area contributed by atoms with E-state index in [-0.39, 0.29) is 0 Å². The third kappa shape index (κ3) is 8.79. The molecule has 0 unspecified atom stereocenters. The lowest BCUT2D eigenvalue weighted by Gasteiger charge is -2.10. The standard InChI is InChI=1S/C14H19N5O3S3/c20-19(21)10-12(15-2-1-7-25-14-18-3-6-22-14)16-4-8-23-11-13-17-5-9-24-13/h3,5-6,9-10,15-16H,1-2,4,7-8,11H2/b12-10-. The summed E-state index contributed by atoms with van der Waals surface area (Å²) in [6, 6.07) is 0. The van der Waals surface area contributed by atoms with Crippen LogP contribution in [0, 0.1) is 10.1 Å². The number of nitro groups is 1. The molecule has 25 heavy (non-hydrogen) atoms. The molecular formula is C14H19N5O3S3. The van der Waals surface area contributed by atoms with Crippen LogP contribution in [0.5, 0.6) is 0 Å². The van der Waals surface area contributed by atoms with Crippen molar-refractivity contribution in [3.63, 3.8) is 0 Å². The van der Waals surface area contributed by atoms with Gasteiger partial charge in [0.05, 0.1) is 11.1 Å². The topological polar surface area (TPSA) is 106 Å². The van der Waals surface area contributed by atoms with Crippen molar-refractivity contribution in [3.8, 4) is 0 Å². The van der Waals surface area contributed by atoms with Gasteiger partial charge in [-0.05, 0) is 6.42 Å². The molecule has 0 aliphatic heterocycles. The molecule has 11 heteroatoms. The summed E-state index contributed by atoms with van der Waals surface area (Å²) < 4.78 is 5.13. The molecular weight excluding hydrogens is 382 g/mol. The summed E-state index contributed by atoms with van der Waals surface area (Å²) in [5.41, 5.74) is 0. The Labute approximate surface area is 158 Å². The molecule has 2 rings (SSSR count). The average molecular weight is 402 g/mol. The smallest absolute Gasteiger partial charge is 0.274 e. The fourth-order valence-electron chi connectivity index (χ4n) is 1.74. The van der Waals surface area contributed by atoms with Crippen LogP contribution in [0.3, 0.4) is 0 Å². The number of nitrogens with one attached hydrogen (secondary N) is 2. The summed E-state index contributed by atoms with van der Waals surface area (Å²) in [6.45, 7) is 1.28. The first kappa shape index (κ1) is 19.6. The Hall–Kier alpha value is -1.72. The zero-order valence-electron chi connectivity index (χ0n) is 13.4. The highest BCUT2D eigenvalue weighted by molar-refractivity contribution is 7.99. The van der Waals surface area contributed by atoms with Crippen LogP contribution < -0.4 is 10.6 Å². The van der Waals surface area contributed by atoms with E-state index in [1.807, 2.05) is 5.38 Å². The number of oxazole rings is 1. The van der Waals surface area contributed by atoms with Gasteiger partial charge in [-0.25, -0.2) is 9.97 Å². The summed E-state index contributed by atoms with van der Waals surface area (Å²) in [7, 11) is 0. The van der Waals surface area contributed by atoms with Crippen LogP contribution in [0.2, 0.25) is 0 Å². The highest BCUT2D eigenvalue weighted by Gasteiger charge is 2.03. The van der Waals surface area contributed by atoms with Crippen molar-refractivity contribution in [2.24, 2.45) is 0 Å². The second-order valence-corrected chi connectivity index (χ2v) is 7.79. The Morgan fingerprint density at radius 1 is 1.32 bits per heavy atom. The van der Waals surface area contributed by atoms with E-state index in [0.29, 0.717) is 24.1 Å². The molecule has 2 aromatic heterocycles. The van der Waals surface area contributed by atoms with E-state index in [1.165, 1.54) is 18.0 Å². The molecule has 0 amide bonds.